The number of likely N-dealkylation sites (N-methyl/N-ethyl adjacent to an activating group) is 1. The van der Waals surface area contributed by atoms with Crippen LogP contribution in [0.2, 0.25) is 0 Å². The van der Waals surface area contributed by atoms with E-state index in [4.69, 9.17) is 4.98 Å². The number of hydrogen-bond donors (Lipinski definition) is 0. The van der Waals surface area contributed by atoms with Gasteiger partial charge in [-0.25, -0.2) is 4.98 Å². The van der Waals surface area contributed by atoms with E-state index in [1.165, 1.54) is 23.1 Å². The third kappa shape index (κ3) is 3.66. The van der Waals surface area contributed by atoms with Gasteiger partial charge in [-0.1, -0.05) is 42.1 Å². The Morgan fingerprint density at radius 1 is 1.26 bits per heavy atom. The Kier molecular flexibility index (Phi) is 5.72. The van der Waals surface area contributed by atoms with Gasteiger partial charge in [0.25, 0.3) is 5.56 Å². The molecular weight excluding hydrogens is 378 g/mol. The van der Waals surface area contributed by atoms with E-state index < -0.39 is 5.25 Å². The maximum absolute atomic E-state index is 13.1. The first-order chi connectivity index (χ1) is 12.8. The van der Waals surface area contributed by atoms with E-state index in [1.807, 2.05) is 51.1 Å². The van der Waals surface area contributed by atoms with Crippen LogP contribution in [0.3, 0.4) is 0 Å². The summed E-state index contributed by atoms with van der Waals surface area (Å²) in [6.07, 6.45) is 0. The quantitative estimate of drug-likeness (QED) is 0.479. The summed E-state index contributed by atoms with van der Waals surface area (Å²) >= 11 is 2.87. The Balaban J connectivity index is 2.15. The molecule has 0 saturated heterocycles. The fourth-order valence-corrected chi connectivity index (χ4v) is 5.28. The van der Waals surface area contributed by atoms with E-state index >= 15 is 0 Å². The molecule has 1 atom stereocenters. The summed E-state index contributed by atoms with van der Waals surface area (Å²) in [6.45, 7) is 6.41. The zero-order valence-corrected chi connectivity index (χ0v) is 17.8. The summed E-state index contributed by atoms with van der Waals surface area (Å²) in [7, 11) is 3.49. The molecule has 27 heavy (non-hydrogen) atoms. The lowest BCUT2D eigenvalue weighted by Crippen LogP contribution is -2.28. The summed E-state index contributed by atoms with van der Waals surface area (Å²) in [5.74, 6) is -0.0262. The average Bonchev–Trinajstić information content (AvgIpc) is 2.94. The van der Waals surface area contributed by atoms with Crippen LogP contribution in [0, 0.1) is 13.8 Å². The van der Waals surface area contributed by atoms with Crippen LogP contribution >= 0.6 is 23.1 Å². The number of benzene rings is 1. The van der Waals surface area contributed by atoms with Gasteiger partial charge in [0, 0.05) is 25.5 Å². The van der Waals surface area contributed by atoms with E-state index in [0.717, 1.165) is 20.8 Å². The summed E-state index contributed by atoms with van der Waals surface area (Å²) in [5.41, 5.74) is 1.86. The van der Waals surface area contributed by atoms with Crippen LogP contribution in [-0.4, -0.2) is 34.5 Å². The molecule has 0 radical (unpaired) electrons. The van der Waals surface area contributed by atoms with Crippen molar-refractivity contribution in [2.45, 2.75) is 37.7 Å². The molecule has 7 heteroatoms. The first-order valence-electron chi connectivity index (χ1n) is 8.78. The molecule has 2 heterocycles. The molecule has 0 bridgehead atoms. The summed E-state index contributed by atoms with van der Waals surface area (Å²) < 4.78 is 1.67. The first-order valence-corrected chi connectivity index (χ1v) is 10.5. The predicted molar refractivity (Wildman–Crippen MR) is 113 cm³/mol. The van der Waals surface area contributed by atoms with Crippen LogP contribution in [-0.2, 0) is 11.3 Å². The van der Waals surface area contributed by atoms with E-state index in [1.54, 1.807) is 23.6 Å². The molecule has 0 spiro atoms. The maximum atomic E-state index is 13.1. The second-order valence-electron chi connectivity index (χ2n) is 6.55. The third-order valence-corrected chi connectivity index (χ3v) is 6.89. The topological polar surface area (TPSA) is 55.2 Å². The Morgan fingerprint density at radius 2 is 1.93 bits per heavy atom. The molecule has 3 rings (SSSR count). The highest BCUT2D eigenvalue weighted by Crippen LogP contribution is 2.37. The number of hydrogen-bond acceptors (Lipinski definition) is 5. The second-order valence-corrected chi connectivity index (χ2v) is 8.82. The standard InChI is InChI=1S/C20H23N3O2S2/c1-6-23-18(24)15-12(2)13(3)26-17(15)21-20(23)27-16(19(25)22(4)5)14-10-8-7-9-11-14/h7-11,16H,6H2,1-5H3. The Bertz CT molecular complexity index is 1040. The number of fused-ring (bicyclic) bond motifs is 1. The van der Waals surface area contributed by atoms with Gasteiger partial charge in [-0.15, -0.1) is 11.3 Å². The number of nitrogens with zero attached hydrogens (tertiary/aromatic N) is 3. The molecule has 1 aromatic carbocycles. The van der Waals surface area contributed by atoms with Crippen LogP contribution in [0.25, 0.3) is 10.2 Å². The highest BCUT2D eigenvalue weighted by atomic mass is 32.2. The fraction of sp³-hybridized carbons (Fsp3) is 0.350. The van der Waals surface area contributed by atoms with Crippen LogP contribution in [0.15, 0.2) is 40.3 Å². The molecule has 0 aliphatic heterocycles. The Labute approximate surface area is 167 Å². The summed E-state index contributed by atoms with van der Waals surface area (Å²) in [6, 6.07) is 9.63. The molecule has 0 saturated carbocycles. The number of carbonyl (C=O) groups excluding carboxylic acids is 1. The van der Waals surface area contributed by atoms with Crippen molar-refractivity contribution in [3.8, 4) is 0 Å². The molecular formula is C20H23N3O2S2. The number of thiophene rings is 1. The normalized spacial score (nSPS) is 12.3. The molecule has 0 N–H and O–H groups in total. The Morgan fingerprint density at radius 3 is 2.52 bits per heavy atom. The number of amides is 1. The first kappa shape index (κ1) is 19.6. The fourth-order valence-electron chi connectivity index (χ4n) is 2.91. The van der Waals surface area contributed by atoms with Gasteiger partial charge in [-0.2, -0.15) is 0 Å². The van der Waals surface area contributed by atoms with Crippen molar-refractivity contribution in [3.05, 3.63) is 56.7 Å². The molecule has 1 unspecified atom stereocenters. The van der Waals surface area contributed by atoms with Crippen molar-refractivity contribution in [1.29, 1.82) is 0 Å². The van der Waals surface area contributed by atoms with E-state index in [2.05, 4.69) is 0 Å². The van der Waals surface area contributed by atoms with Crippen molar-refractivity contribution in [3.63, 3.8) is 0 Å². The zero-order valence-electron chi connectivity index (χ0n) is 16.1. The molecule has 0 aliphatic rings. The number of carbonyl (C=O) groups is 1. The number of rotatable bonds is 5. The van der Waals surface area contributed by atoms with E-state index in [9.17, 15) is 9.59 Å². The second kappa shape index (κ2) is 7.86. The molecule has 3 aromatic rings. The molecule has 0 fully saturated rings. The van der Waals surface area contributed by atoms with Gasteiger partial charge < -0.3 is 4.90 Å². The third-order valence-electron chi connectivity index (χ3n) is 4.56. The zero-order chi connectivity index (χ0) is 19.7. The number of thioether (sulfide) groups is 1. The van der Waals surface area contributed by atoms with Gasteiger partial charge in [0.05, 0.1) is 5.39 Å². The highest BCUT2D eigenvalue weighted by molar-refractivity contribution is 8.00. The molecule has 5 nitrogen and oxygen atoms in total. The highest BCUT2D eigenvalue weighted by Gasteiger charge is 2.26. The van der Waals surface area contributed by atoms with Crippen LogP contribution in [0.4, 0.5) is 0 Å². The summed E-state index contributed by atoms with van der Waals surface area (Å²) in [4.78, 5) is 34.1. The SMILES string of the molecule is CCn1c(SC(C(=O)N(C)C)c2ccccc2)nc2sc(C)c(C)c2c1=O. The van der Waals surface area contributed by atoms with Crippen LogP contribution in [0.1, 0.15) is 28.2 Å². The number of aromatic nitrogens is 2. The largest absolute Gasteiger partial charge is 0.348 e. The van der Waals surface area contributed by atoms with Gasteiger partial charge >= 0.3 is 0 Å². The van der Waals surface area contributed by atoms with Crippen molar-refractivity contribution in [2.24, 2.45) is 0 Å². The van der Waals surface area contributed by atoms with Crippen molar-refractivity contribution in [2.75, 3.05) is 14.1 Å². The van der Waals surface area contributed by atoms with Crippen molar-refractivity contribution in [1.82, 2.24) is 14.5 Å². The lowest BCUT2D eigenvalue weighted by molar-refractivity contribution is -0.128. The minimum atomic E-state index is -0.453. The molecule has 1 amide bonds. The molecule has 142 valence electrons. The van der Waals surface area contributed by atoms with E-state index in [0.29, 0.717) is 17.1 Å². The average molecular weight is 402 g/mol. The molecule has 0 aliphatic carbocycles. The van der Waals surface area contributed by atoms with Crippen molar-refractivity contribution >= 4 is 39.2 Å². The van der Waals surface area contributed by atoms with Gasteiger partial charge in [0.1, 0.15) is 10.1 Å². The minimum Gasteiger partial charge on any atom is -0.348 e. The lowest BCUT2D eigenvalue weighted by atomic mass is 10.1. The van der Waals surface area contributed by atoms with Crippen LogP contribution < -0.4 is 5.56 Å². The van der Waals surface area contributed by atoms with Gasteiger partial charge in [-0.05, 0) is 31.9 Å². The molecule has 2 aromatic heterocycles. The van der Waals surface area contributed by atoms with E-state index in [-0.39, 0.29) is 11.5 Å². The monoisotopic (exact) mass is 401 g/mol. The number of aryl methyl sites for hydroxylation is 2. The minimum absolute atomic E-state index is 0.0262. The summed E-state index contributed by atoms with van der Waals surface area (Å²) in [5, 5.41) is 0.824. The Hall–Kier alpha value is -2.12. The van der Waals surface area contributed by atoms with Gasteiger partial charge in [-0.3, -0.25) is 14.2 Å². The lowest BCUT2D eigenvalue weighted by Gasteiger charge is -2.21. The smallest absolute Gasteiger partial charge is 0.263 e. The van der Waals surface area contributed by atoms with Gasteiger partial charge in [0.15, 0.2) is 5.16 Å². The van der Waals surface area contributed by atoms with Gasteiger partial charge in [0.2, 0.25) is 5.91 Å². The maximum Gasteiger partial charge on any atom is 0.263 e. The predicted octanol–water partition coefficient (Wildman–Crippen LogP) is 4.02. The van der Waals surface area contributed by atoms with Crippen molar-refractivity contribution < 1.29 is 4.79 Å². The van der Waals surface area contributed by atoms with Crippen LogP contribution in [0.5, 0.6) is 0 Å².